The Morgan fingerprint density at radius 1 is 1.33 bits per heavy atom. The molecule has 9 nitrogen and oxygen atoms in total. The highest BCUT2D eigenvalue weighted by Crippen LogP contribution is 2.12. The first-order chi connectivity index (χ1) is 13.0. The number of nitrogens with zero attached hydrogens (tertiary/aromatic N) is 1. The average molecular weight is 382 g/mol. The molecule has 0 spiro atoms. The molecule has 152 valence electrons. The number of amides is 2. The number of aliphatic carboxylic acids is 1. The van der Waals surface area contributed by atoms with E-state index in [0.29, 0.717) is 18.2 Å². The zero-order valence-corrected chi connectivity index (χ0v) is 16.0. The second-order valence-corrected chi connectivity index (χ2v) is 6.43. The van der Waals surface area contributed by atoms with Crippen molar-refractivity contribution >= 4 is 18.0 Å². The number of nitrogens with one attached hydrogen (secondary N) is 3. The van der Waals surface area contributed by atoms with E-state index in [1.807, 2.05) is 0 Å². The highest BCUT2D eigenvalue weighted by molar-refractivity contribution is 5.84. The fourth-order valence-corrected chi connectivity index (χ4v) is 2.50. The first kappa shape index (κ1) is 22.5. The molecule has 2 amide bonds. The van der Waals surface area contributed by atoms with Gasteiger partial charge in [0.1, 0.15) is 6.04 Å². The van der Waals surface area contributed by atoms with Gasteiger partial charge in [0.05, 0.1) is 12.9 Å². The van der Waals surface area contributed by atoms with Gasteiger partial charge in [0.25, 0.3) is 0 Å². The SMILES string of the molecule is CCCCC(CC)COC(=O)NCCC(=O)N[C@@H](Cc1cnc[nH]1)C(=O)O. The van der Waals surface area contributed by atoms with E-state index in [4.69, 9.17) is 4.74 Å². The lowest BCUT2D eigenvalue weighted by Crippen LogP contribution is -2.43. The fraction of sp³-hybridized carbons (Fsp3) is 0.667. The van der Waals surface area contributed by atoms with Crippen molar-refractivity contribution < 1.29 is 24.2 Å². The summed E-state index contributed by atoms with van der Waals surface area (Å²) in [5.74, 6) is -1.25. The third kappa shape index (κ3) is 9.62. The molecule has 0 aliphatic rings. The Balaban J connectivity index is 2.26. The van der Waals surface area contributed by atoms with Gasteiger partial charge in [-0.15, -0.1) is 0 Å². The minimum absolute atomic E-state index is 0.0328. The number of rotatable bonds is 13. The molecule has 1 unspecified atom stereocenters. The van der Waals surface area contributed by atoms with Crippen LogP contribution in [0.2, 0.25) is 0 Å². The van der Waals surface area contributed by atoms with Crippen LogP contribution in [0.4, 0.5) is 4.79 Å². The van der Waals surface area contributed by atoms with E-state index in [1.165, 1.54) is 12.5 Å². The van der Waals surface area contributed by atoms with E-state index >= 15 is 0 Å². The first-order valence-corrected chi connectivity index (χ1v) is 9.36. The van der Waals surface area contributed by atoms with Crippen LogP contribution < -0.4 is 10.6 Å². The minimum Gasteiger partial charge on any atom is -0.480 e. The third-order valence-electron chi connectivity index (χ3n) is 4.23. The molecule has 0 aliphatic carbocycles. The number of hydrogen-bond donors (Lipinski definition) is 4. The van der Waals surface area contributed by atoms with E-state index in [-0.39, 0.29) is 19.4 Å². The summed E-state index contributed by atoms with van der Waals surface area (Å²) in [6, 6.07) is -1.06. The van der Waals surface area contributed by atoms with E-state index in [2.05, 4.69) is 34.4 Å². The smallest absolute Gasteiger partial charge is 0.407 e. The Kier molecular flexibility index (Phi) is 10.6. The van der Waals surface area contributed by atoms with Crippen LogP contribution in [0, 0.1) is 5.92 Å². The van der Waals surface area contributed by atoms with E-state index in [1.54, 1.807) is 0 Å². The van der Waals surface area contributed by atoms with Gasteiger partial charge in [0.15, 0.2) is 0 Å². The van der Waals surface area contributed by atoms with Crippen molar-refractivity contribution in [2.24, 2.45) is 5.92 Å². The Morgan fingerprint density at radius 2 is 2.11 bits per heavy atom. The van der Waals surface area contributed by atoms with Gasteiger partial charge in [0.2, 0.25) is 5.91 Å². The van der Waals surface area contributed by atoms with Crippen molar-refractivity contribution in [1.29, 1.82) is 0 Å². The molecule has 2 atom stereocenters. The number of carboxylic acids is 1. The van der Waals surface area contributed by atoms with Gasteiger partial charge in [-0.05, 0) is 12.3 Å². The van der Waals surface area contributed by atoms with Gasteiger partial charge in [-0.25, -0.2) is 14.6 Å². The lowest BCUT2D eigenvalue weighted by Gasteiger charge is -2.15. The number of H-pyrrole nitrogens is 1. The van der Waals surface area contributed by atoms with Crippen molar-refractivity contribution in [3.8, 4) is 0 Å². The molecule has 9 heteroatoms. The summed E-state index contributed by atoms with van der Waals surface area (Å²) < 4.78 is 5.18. The molecule has 27 heavy (non-hydrogen) atoms. The molecule has 0 fully saturated rings. The summed E-state index contributed by atoms with van der Waals surface area (Å²) in [4.78, 5) is 41.5. The number of carbonyl (C=O) groups is 3. The number of carboxylic acid groups (broad SMARTS) is 1. The van der Waals surface area contributed by atoms with Gasteiger partial charge >= 0.3 is 12.1 Å². The number of imidazole rings is 1. The zero-order valence-electron chi connectivity index (χ0n) is 16.0. The number of hydrogen-bond acceptors (Lipinski definition) is 5. The maximum Gasteiger partial charge on any atom is 0.407 e. The second-order valence-electron chi connectivity index (χ2n) is 6.43. The number of carbonyl (C=O) groups excluding carboxylic acids is 2. The Hall–Kier alpha value is -2.58. The molecule has 0 radical (unpaired) electrons. The zero-order chi connectivity index (χ0) is 20.1. The number of alkyl carbamates (subject to hydrolysis) is 1. The predicted molar refractivity (Wildman–Crippen MR) is 99.1 cm³/mol. The summed E-state index contributed by atoms with van der Waals surface area (Å²) in [6.07, 6.45) is 6.63. The molecule has 0 saturated carbocycles. The van der Waals surface area contributed by atoms with Crippen molar-refractivity contribution in [3.05, 3.63) is 18.2 Å². The molecule has 1 aromatic heterocycles. The average Bonchev–Trinajstić information content (AvgIpc) is 3.14. The van der Waals surface area contributed by atoms with E-state index in [9.17, 15) is 19.5 Å². The largest absolute Gasteiger partial charge is 0.480 e. The molecular weight excluding hydrogens is 352 g/mol. The number of aromatic nitrogens is 2. The van der Waals surface area contributed by atoms with Crippen LogP contribution in [-0.2, 0) is 20.7 Å². The van der Waals surface area contributed by atoms with Crippen molar-refractivity contribution in [3.63, 3.8) is 0 Å². The third-order valence-corrected chi connectivity index (χ3v) is 4.23. The predicted octanol–water partition coefficient (Wildman–Crippen LogP) is 1.85. The maximum atomic E-state index is 11.9. The van der Waals surface area contributed by atoms with Crippen LogP contribution in [-0.4, -0.2) is 52.2 Å². The lowest BCUT2D eigenvalue weighted by molar-refractivity contribution is -0.141. The summed E-state index contributed by atoms with van der Waals surface area (Å²) >= 11 is 0. The summed E-state index contributed by atoms with van der Waals surface area (Å²) in [7, 11) is 0. The summed E-state index contributed by atoms with van der Waals surface area (Å²) in [6.45, 7) is 4.62. The Morgan fingerprint density at radius 3 is 2.70 bits per heavy atom. The quantitative estimate of drug-likeness (QED) is 0.411. The van der Waals surface area contributed by atoms with Crippen LogP contribution in [0.15, 0.2) is 12.5 Å². The topological polar surface area (TPSA) is 133 Å². The molecule has 1 heterocycles. The van der Waals surface area contributed by atoms with Crippen molar-refractivity contribution in [2.45, 2.75) is 58.4 Å². The summed E-state index contributed by atoms with van der Waals surface area (Å²) in [5, 5.41) is 14.1. The number of aromatic amines is 1. The minimum atomic E-state index is -1.14. The normalized spacial score (nSPS) is 12.8. The Bertz CT molecular complexity index is 576. The van der Waals surface area contributed by atoms with Crippen molar-refractivity contribution in [1.82, 2.24) is 20.6 Å². The van der Waals surface area contributed by atoms with Gasteiger partial charge in [-0.1, -0.05) is 33.1 Å². The number of unbranched alkanes of at least 4 members (excludes halogenated alkanes) is 1. The van der Waals surface area contributed by atoms with Gasteiger partial charge < -0.3 is 25.5 Å². The number of ether oxygens (including phenoxy) is 1. The molecule has 0 bridgehead atoms. The van der Waals surface area contributed by atoms with Crippen LogP contribution >= 0.6 is 0 Å². The second kappa shape index (κ2) is 12.7. The molecule has 1 rings (SSSR count). The Labute approximate surface area is 159 Å². The summed E-state index contributed by atoms with van der Waals surface area (Å²) in [5.41, 5.74) is 0.609. The highest BCUT2D eigenvalue weighted by Gasteiger charge is 2.21. The van der Waals surface area contributed by atoms with E-state index in [0.717, 1.165) is 25.7 Å². The highest BCUT2D eigenvalue weighted by atomic mass is 16.5. The van der Waals surface area contributed by atoms with Crippen LogP contribution in [0.5, 0.6) is 0 Å². The molecule has 0 aromatic carbocycles. The monoisotopic (exact) mass is 382 g/mol. The standard InChI is InChI=1S/C18H30N4O5/c1-3-5-6-13(4-2)11-27-18(26)20-8-7-16(23)22-15(17(24)25)9-14-10-19-12-21-14/h10,12-13,15H,3-9,11H2,1-2H3,(H,19,21)(H,20,26)(H,22,23)(H,24,25)/t13?,15-/m0/s1. The molecule has 0 saturated heterocycles. The van der Waals surface area contributed by atoms with Gasteiger partial charge in [0, 0.05) is 31.3 Å². The lowest BCUT2D eigenvalue weighted by atomic mass is 10.0. The molecule has 1 aromatic rings. The molecular formula is C18H30N4O5. The van der Waals surface area contributed by atoms with Crippen LogP contribution in [0.3, 0.4) is 0 Å². The van der Waals surface area contributed by atoms with E-state index < -0.39 is 24.0 Å². The fourth-order valence-electron chi connectivity index (χ4n) is 2.50. The molecule has 0 aliphatic heterocycles. The molecule has 4 N–H and O–H groups in total. The van der Waals surface area contributed by atoms with Gasteiger partial charge in [-0.2, -0.15) is 0 Å². The van der Waals surface area contributed by atoms with Crippen molar-refractivity contribution in [2.75, 3.05) is 13.2 Å². The van der Waals surface area contributed by atoms with Gasteiger partial charge in [-0.3, -0.25) is 4.79 Å². The van der Waals surface area contributed by atoms with Crippen LogP contribution in [0.25, 0.3) is 0 Å². The van der Waals surface area contributed by atoms with Crippen LogP contribution in [0.1, 0.15) is 51.6 Å². The first-order valence-electron chi connectivity index (χ1n) is 9.36. The maximum absolute atomic E-state index is 11.9.